The van der Waals surface area contributed by atoms with Gasteiger partial charge >= 0.3 is 0 Å². The van der Waals surface area contributed by atoms with Gasteiger partial charge in [-0.1, -0.05) is 48.5 Å². The van der Waals surface area contributed by atoms with Crippen molar-refractivity contribution in [1.82, 2.24) is 9.55 Å². The van der Waals surface area contributed by atoms with Gasteiger partial charge in [-0.25, -0.2) is 4.98 Å². The van der Waals surface area contributed by atoms with Gasteiger partial charge in [-0.05, 0) is 18.6 Å². The number of ether oxygens (including phenoxy) is 1. The summed E-state index contributed by atoms with van der Waals surface area (Å²) < 4.78 is 7.73. The molecule has 4 heteroatoms. The minimum absolute atomic E-state index is 0.664. The van der Waals surface area contributed by atoms with Crippen LogP contribution in [-0.2, 0) is 13.6 Å². The third-order valence-electron chi connectivity index (χ3n) is 3.77. The van der Waals surface area contributed by atoms with E-state index in [1.54, 1.807) is 0 Å². The van der Waals surface area contributed by atoms with Gasteiger partial charge in [-0.2, -0.15) is 0 Å². The second-order valence-corrected chi connectivity index (χ2v) is 5.29. The van der Waals surface area contributed by atoms with Crippen LogP contribution in [0.5, 0.6) is 5.75 Å². The summed E-state index contributed by atoms with van der Waals surface area (Å²) in [5.41, 5.74) is 3.37. The number of imidazole rings is 1. The van der Waals surface area contributed by atoms with Crippen LogP contribution in [0.3, 0.4) is 0 Å². The fourth-order valence-corrected chi connectivity index (χ4v) is 2.57. The van der Waals surface area contributed by atoms with E-state index >= 15 is 0 Å². The largest absolute Gasteiger partial charge is 0.494 e. The molecule has 2 aromatic carbocycles. The Bertz CT molecular complexity index is 765. The Morgan fingerprint density at radius 3 is 2.57 bits per heavy atom. The van der Waals surface area contributed by atoms with E-state index in [4.69, 9.17) is 4.74 Å². The van der Waals surface area contributed by atoms with Crippen molar-refractivity contribution in [3.05, 3.63) is 66.4 Å². The van der Waals surface area contributed by atoms with Crippen LogP contribution in [0.15, 0.2) is 60.8 Å². The van der Waals surface area contributed by atoms with Crippen molar-refractivity contribution in [2.24, 2.45) is 7.05 Å². The molecule has 0 aliphatic heterocycles. The number of aromatic nitrogens is 2. The van der Waals surface area contributed by atoms with Crippen molar-refractivity contribution < 1.29 is 4.74 Å². The molecule has 118 valence electrons. The number of hydrogen-bond acceptors (Lipinski definition) is 3. The molecule has 3 rings (SSSR count). The molecule has 23 heavy (non-hydrogen) atoms. The molecule has 4 nitrogen and oxygen atoms in total. The molecule has 1 N–H and O–H groups in total. The SMILES string of the molecule is CCOc1ccccc1CNc1ncc(-c2ccccc2)n1C. The Morgan fingerprint density at radius 2 is 1.78 bits per heavy atom. The molecule has 1 aromatic heterocycles. The highest BCUT2D eigenvalue weighted by Crippen LogP contribution is 2.23. The van der Waals surface area contributed by atoms with E-state index in [2.05, 4.69) is 33.1 Å². The number of benzene rings is 2. The molecule has 3 aromatic rings. The predicted octanol–water partition coefficient (Wildman–Crippen LogP) is 4.10. The van der Waals surface area contributed by atoms with E-state index in [0.717, 1.165) is 28.5 Å². The van der Waals surface area contributed by atoms with Crippen molar-refractivity contribution in [2.75, 3.05) is 11.9 Å². The molecule has 0 saturated carbocycles. The van der Waals surface area contributed by atoms with E-state index in [1.807, 2.05) is 56.6 Å². The molecule has 0 amide bonds. The topological polar surface area (TPSA) is 39.1 Å². The van der Waals surface area contributed by atoms with Gasteiger partial charge in [0.15, 0.2) is 0 Å². The molecule has 0 aliphatic carbocycles. The Morgan fingerprint density at radius 1 is 1.04 bits per heavy atom. The number of anilines is 1. The van der Waals surface area contributed by atoms with E-state index in [1.165, 1.54) is 0 Å². The first-order valence-corrected chi connectivity index (χ1v) is 7.81. The Labute approximate surface area is 136 Å². The van der Waals surface area contributed by atoms with Gasteiger partial charge in [0.1, 0.15) is 5.75 Å². The summed E-state index contributed by atoms with van der Waals surface area (Å²) in [6.07, 6.45) is 1.89. The molecular weight excluding hydrogens is 286 g/mol. The fraction of sp³-hybridized carbons (Fsp3) is 0.211. The monoisotopic (exact) mass is 307 g/mol. The maximum absolute atomic E-state index is 5.66. The van der Waals surface area contributed by atoms with Crippen LogP contribution in [0, 0.1) is 0 Å². The minimum Gasteiger partial charge on any atom is -0.494 e. The van der Waals surface area contributed by atoms with Crippen LogP contribution in [-0.4, -0.2) is 16.2 Å². The quantitative estimate of drug-likeness (QED) is 0.745. The fourth-order valence-electron chi connectivity index (χ4n) is 2.57. The molecule has 0 fully saturated rings. The van der Waals surface area contributed by atoms with Crippen LogP contribution < -0.4 is 10.1 Å². The van der Waals surface area contributed by atoms with Gasteiger partial charge in [0.05, 0.1) is 18.5 Å². The molecular formula is C19H21N3O. The summed E-state index contributed by atoms with van der Waals surface area (Å²) in [4.78, 5) is 4.49. The van der Waals surface area contributed by atoms with Gasteiger partial charge in [-0.15, -0.1) is 0 Å². The first-order valence-electron chi connectivity index (χ1n) is 7.81. The zero-order valence-corrected chi connectivity index (χ0v) is 13.5. The highest BCUT2D eigenvalue weighted by molar-refractivity contribution is 5.61. The predicted molar refractivity (Wildman–Crippen MR) is 93.6 cm³/mol. The maximum Gasteiger partial charge on any atom is 0.203 e. The van der Waals surface area contributed by atoms with Gasteiger partial charge in [-0.3, -0.25) is 0 Å². The van der Waals surface area contributed by atoms with Crippen molar-refractivity contribution in [3.8, 4) is 17.0 Å². The molecule has 1 heterocycles. The lowest BCUT2D eigenvalue weighted by Crippen LogP contribution is -2.07. The van der Waals surface area contributed by atoms with E-state index in [0.29, 0.717) is 13.2 Å². The average molecular weight is 307 g/mol. The van der Waals surface area contributed by atoms with Crippen LogP contribution in [0.1, 0.15) is 12.5 Å². The highest BCUT2D eigenvalue weighted by atomic mass is 16.5. The second kappa shape index (κ2) is 7.01. The number of nitrogens with zero attached hydrogens (tertiary/aromatic N) is 2. The summed E-state index contributed by atoms with van der Waals surface area (Å²) in [7, 11) is 2.02. The molecule has 0 atom stereocenters. The van der Waals surface area contributed by atoms with Crippen molar-refractivity contribution in [3.63, 3.8) is 0 Å². The first kappa shape index (κ1) is 15.2. The number of hydrogen-bond donors (Lipinski definition) is 1. The summed E-state index contributed by atoms with van der Waals surface area (Å²) in [5, 5.41) is 3.39. The number of nitrogens with one attached hydrogen (secondary N) is 1. The summed E-state index contributed by atoms with van der Waals surface area (Å²) >= 11 is 0. The second-order valence-electron chi connectivity index (χ2n) is 5.29. The zero-order chi connectivity index (χ0) is 16.1. The third kappa shape index (κ3) is 3.37. The van der Waals surface area contributed by atoms with Gasteiger partial charge in [0, 0.05) is 19.2 Å². The summed E-state index contributed by atoms with van der Waals surface area (Å²) in [5.74, 6) is 1.76. The summed E-state index contributed by atoms with van der Waals surface area (Å²) in [6.45, 7) is 3.34. The molecule has 0 unspecified atom stereocenters. The number of rotatable bonds is 6. The molecule has 0 bridgehead atoms. The highest BCUT2D eigenvalue weighted by Gasteiger charge is 2.09. The summed E-state index contributed by atoms with van der Waals surface area (Å²) in [6, 6.07) is 18.3. The third-order valence-corrected chi connectivity index (χ3v) is 3.77. The lowest BCUT2D eigenvalue weighted by Gasteiger charge is -2.12. The molecule has 0 aliphatic rings. The Hall–Kier alpha value is -2.75. The zero-order valence-electron chi connectivity index (χ0n) is 13.5. The van der Waals surface area contributed by atoms with E-state index in [9.17, 15) is 0 Å². The van der Waals surface area contributed by atoms with Crippen LogP contribution in [0.4, 0.5) is 5.95 Å². The van der Waals surface area contributed by atoms with E-state index < -0.39 is 0 Å². The average Bonchev–Trinajstić information content (AvgIpc) is 2.96. The lowest BCUT2D eigenvalue weighted by atomic mass is 10.2. The lowest BCUT2D eigenvalue weighted by molar-refractivity contribution is 0.337. The van der Waals surface area contributed by atoms with Crippen molar-refractivity contribution in [1.29, 1.82) is 0 Å². The molecule has 0 saturated heterocycles. The van der Waals surface area contributed by atoms with Gasteiger partial charge < -0.3 is 14.6 Å². The Kier molecular flexibility index (Phi) is 4.62. The van der Waals surface area contributed by atoms with Crippen LogP contribution >= 0.6 is 0 Å². The normalized spacial score (nSPS) is 10.5. The molecule has 0 radical (unpaired) electrons. The van der Waals surface area contributed by atoms with Gasteiger partial charge in [0.2, 0.25) is 5.95 Å². The standard InChI is InChI=1S/C19H21N3O/c1-3-23-18-12-8-7-11-16(18)13-20-19-21-14-17(22(19)2)15-9-5-4-6-10-15/h4-12,14H,3,13H2,1-2H3,(H,20,21). The first-order chi connectivity index (χ1) is 11.3. The van der Waals surface area contributed by atoms with E-state index in [-0.39, 0.29) is 0 Å². The smallest absolute Gasteiger partial charge is 0.203 e. The van der Waals surface area contributed by atoms with Crippen molar-refractivity contribution in [2.45, 2.75) is 13.5 Å². The Balaban J connectivity index is 1.76. The van der Waals surface area contributed by atoms with Crippen LogP contribution in [0.2, 0.25) is 0 Å². The van der Waals surface area contributed by atoms with Crippen LogP contribution in [0.25, 0.3) is 11.3 Å². The van der Waals surface area contributed by atoms with Gasteiger partial charge in [0.25, 0.3) is 0 Å². The minimum atomic E-state index is 0.664. The maximum atomic E-state index is 5.66. The molecule has 0 spiro atoms. The van der Waals surface area contributed by atoms with Crippen molar-refractivity contribution >= 4 is 5.95 Å². The number of para-hydroxylation sites is 1.